The molecule has 0 spiro atoms. The zero-order chi connectivity index (χ0) is 9.80. The van der Waals surface area contributed by atoms with Gasteiger partial charge in [-0.15, -0.1) is 0 Å². The van der Waals surface area contributed by atoms with E-state index in [0.29, 0.717) is 6.04 Å². The van der Waals surface area contributed by atoms with Crippen LogP contribution >= 0.6 is 11.8 Å². The van der Waals surface area contributed by atoms with Gasteiger partial charge in [-0.2, -0.15) is 0 Å². The number of amidine groups is 1. The van der Waals surface area contributed by atoms with E-state index < -0.39 is 0 Å². The number of hydrogen-bond acceptors (Lipinski definition) is 3. The fourth-order valence-corrected chi connectivity index (χ4v) is 3.24. The summed E-state index contributed by atoms with van der Waals surface area (Å²) in [6.07, 6.45) is 7.93. The van der Waals surface area contributed by atoms with Gasteiger partial charge in [-0.3, -0.25) is 4.99 Å². The lowest BCUT2D eigenvalue weighted by Crippen LogP contribution is -2.33. The van der Waals surface area contributed by atoms with Gasteiger partial charge in [-0.25, -0.2) is 0 Å². The number of aliphatic imine (C=N–C) groups is 1. The van der Waals surface area contributed by atoms with Crippen molar-refractivity contribution in [1.29, 1.82) is 0 Å². The maximum absolute atomic E-state index is 4.73. The normalized spacial score (nSPS) is 28.9. The Kier molecular flexibility index (Phi) is 3.74. The van der Waals surface area contributed by atoms with E-state index >= 15 is 0 Å². The molecule has 2 rings (SSSR count). The van der Waals surface area contributed by atoms with Crippen molar-refractivity contribution in [3.63, 3.8) is 0 Å². The van der Waals surface area contributed by atoms with Crippen LogP contribution in [0.5, 0.6) is 0 Å². The molecule has 1 unspecified atom stereocenters. The zero-order valence-electron chi connectivity index (χ0n) is 8.96. The number of nitrogens with one attached hydrogen (secondary N) is 1. The molecular weight excluding hydrogens is 192 g/mol. The fraction of sp³-hybridized carbons (Fsp3) is 0.909. The molecule has 80 valence electrons. The van der Waals surface area contributed by atoms with Gasteiger partial charge in [0, 0.05) is 11.8 Å². The summed E-state index contributed by atoms with van der Waals surface area (Å²) in [5, 5.41) is 4.81. The maximum Gasteiger partial charge on any atom is 0.157 e. The third kappa shape index (κ3) is 2.66. The molecule has 3 heteroatoms. The first-order chi connectivity index (χ1) is 6.88. The Hall–Kier alpha value is -0.180. The van der Waals surface area contributed by atoms with Crippen molar-refractivity contribution in [2.45, 2.75) is 57.5 Å². The number of hydrogen-bond donors (Lipinski definition) is 1. The van der Waals surface area contributed by atoms with Gasteiger partial charge in [-0.1, -0.05) is 31.5 Å². The molecule has 0 radical (unpaired) electrons. The van der Waals surface area contributed by atoms with Crippen LogP contribution in [0, 0.1) is 0 Å². The van der Waals surface area contributed by atoms with Crippen LogP contribution in [0.4, 0.5) is 0 Å². The summed E-state index contributed by atoms with van der Waals surface area (Å²) in [4.78, 5) is 4.73. The van der Waals surface area contributed by atoms with Crippen molar-refractivity contribution < 1.29 is 0 Å². The first kappa shape index (κ1) is 10.3. The lowest BCUT2D eigenvalue weighted by Gasteiger charge is -2.22. The van der Waals surface area contributed by atoms with E-state index in [9.17, 15) is 0 Å². The van der Waals surface area contributed by atoms with E-state index in [2.05, 4.69) is 12.2 Å². The fourth-order valence-electron chi connectivity index (χ4n) is 2.18. The topological polar surface area (TPSA) is 24.4 Å². The van der Waals surface area contributed by atoms with Gasteiger partial charge < -0.3 is 5.32 Å². The summed E-state index contributed by atoms with van der Waals surface area (Å²) in [7, 11) is 0. The molecule has 0 bridgehead atoms. The van der Waals surface area contributed by atoms with Gasteiger partial charge in [0.05, 0.1) is 6.04 Å². The Morgan fingerprint density at radius 1 is 1.36 bits per heavy atom. The van der Waals surface area contributed by atoms with Crippen molar-refractivity contribution in [2.24, 2.45) is 4.99 Å². The first-order valence-corrected chi connectivity index (χ1v) is 6.84. The quantitative estimate of drug-likeness (QED) is 0.761. The molecule has 2 nitrogen and oxygen atoms in total. The van der Waals surface area contributed by atoms with E-state index in [4.69, 9.17) is 4.99 Å². The Balaban J connectivity index is 1.86. The Labute approximate surface area is 90.9 Å². The maximum atomic E-state index is 4.73. The summed E-state index contributed by atoms with van der Waals surface area (Å²) in [5.41, 5.74) is 0. The lowest BCUT2D eigenvalue weighted by molar-refractivity contribution is 0.604. The van der Waals surface area contributed by atoms with Crippen molar-refractivity contribution in [2.75, 3.05) is 5.75 Å². The predicted octanol–water partition coefficient (Wildman–Crippen LogP) is 2.79. The van der Waals surface area contributed by atoms with E-state index in [1.165, 1.54) is 49.4 Å². The SMILES string of the molecule is CCC1CCSC(NC2CCCC2)=N1. The Bertz CT molecular complexity index is 209. The second-order valence-corrected chi connectivity index (χ2v) is 5.34. The predicted molar refractivity (Wildman–Crippen MR) is 64.0 cm³/mol. The average Bonchev–Trinajstić information content (AvgIpc) is 2.71. The summed E-state index contributed by atoms with van der Waals surface area (Å²) >= 11 is 1.91. The smallest absolute Gasteiger partial charge is 0.157 e. The van der Waals surface area contributed by atoms with Crippen LogP contribution in [-0.4, -0.2) is 23.0 Å². The monoisotopic (exact) mass is 212 g/mol. The van der Waals surface area contributed by atoms with Crippen molar-refractivity contribution in [3.8, 4) is 0 Å². The highest BCUT2D eigenvalue weighted by molar-refractivity contribution is 8.13. The van der Waals surface area contributed by atoms with E-state index in [1.807, 2.05) is 11.8 Å². The molecule has 1 N–H and O–H groups in total. The molecule has 14 heavy (non-hydrogen) atoms. The summed E-state index contributed by atoms with van der Waals surface area (Å²) in [6.45, 7) is 2.23. The van der Waals surface area contributed by atoms with E-state index in [1.54, 1.807) is 0 Å². The molecule has 1 aliphatic carbocycles. The van der Waals surface area contributed by atoms with E-state index in [0.717, 1.165) is 6.04 Å². The lowest BCUT2D eigenvalue weighted by atomic mass is 10.2. The molecule has 2 aliphatic rings. The van der Waals surface area contributed by atoms with Gasteiger partial charge in [0.25, 0.3) is 0 Å². The standard InChI is InChI=1S/C11H20N2S/c1-2-9-7-8-14-11(12-9)13-10-5-3-4-6-10/h9-10H,2-8H2,1H3,(H,12,13). The molecule has 0 saturated heterocycles. The molecule has 0 aromatic carbocycles. The molecule has 1 saturated carbocycles. The van der Waals surface area contributed by atoms with Crippen molar-refractivity contribution in [1.82, 2.24) is 5.32 Å². The molecule has 1 fully saturated rings. The van der Waals surface area contributed by atoms with Crippen molar-refractivity contribution in [3.05, 3.63) is 0 Å². The van der Waals surface area contributed by atoms with Crippen LogP contribution in [0.25, 0.3) is 0 Å². The Morgan fingerprint density at radius 3 is 2.86 bits per heavy atom. The summed E-state index contributed by atoms with van der Waals surface area (Å²) in [5.74, 6) is 1.25. The summed E-state index contributed by atoms with van der Waals surface area (Å²) < 4.78 is 0. The zero-order valence-corrected chi connectivity index (χ0v) is 9.78. The van der Waals surface area contributed by atoms with Gasteiger partial charge in [0.1, 0.15) is 0 Å². The third-order valence-electron chi connectivity index (χ3n) is 3.14. The highest BCUT2D eigenvalue weighted by Gasteiger charge is 2.19. The largest absolute Gasteiger partial charge is 0.362 e. The third-order valence-corrected chi connectivity index (χ3v) is 4.08. The number of thioether (sulfide) groups is 1. The van der Waals surface area contributed by atoms with E-state index in [-0.39, 0.29) is 0 Å². The number of rotatable bonds is 2. The molecule has 0 amide bonds. The summed E-state index contributed by atoms with van der Waals surface area (Å²) in [6, 6.07) is 1.30. The molecule has 1 atom stereocenters. The van der Waals surface area contributed by atoms with Crippen LogP contribution < -0.4 is 5.32 Å². The van der Waals surface area contributed by atoms with Crippen LogP contribution in [0.3, 0.4) is 0 Å². The van der Waals surface area contributed by atoms with Gasteiger partial charge >= 0.3 is 0 Å². The van der Waals surface area contributed by atoms with Gasteiger partial charge in [0.15, 0.2) is 5.17 Å². The molecule has 0 aromatic rings. The van der Waals surface area contributed by atoms with Gasteiger partial charge in [-0.05, 0) is 25.7 Å². The highest BCUT2D eigenvalue weighted by Crippen LogP contribution is 2.22. The molecule has 0 aromatic heterocycles. The number of nitrogens with zero attached hydrogens (tertiary/aromatic N) is 1. The van der Waals surface area contributed by atoms with Crippen LogP contribution in [0.15, 0.2) is 4.99 Å². The second kappa shape index (κ2) is 5.06. The minimum atomic E-state index is 0.583. The van der Waals surface area contributed by atoms with Gasteiger partial charge in [0.2, 0.25) is 0 Å². The highest BCUT2D eigenvalue weighted by atomic mass is 32.2. The minimum absolute atomic E-state index is 0.583. The first-order valence-electron chi connectivity index (χ1n) is 5.85. The van der Waals surface area contributed by atoms with Crippen LogP contribution in [-0.2, 0) is 0 Å². The average molecular weight is 212 g/mol. The second-order valence-electron chi connectivity index (χ2n) is 4.26. The molecule has 1 aliphatic heterocycles. The molecule has 1 heterocycles. The van der Waals surface area contributed by atoms with Crippen LogP contribution in [0.1, 0.15) is 45.4 Å². The Morgan fingerprint density at radius 2 is 2.14 bits per heavy atom. The minimum Gasteiger partial charge on any atom is -0.362 e. The van der Waals surface area contributed by atoms with Crippen molar-refractivity contribution >= 4 is 16.9 Å². The molecular formula is C11H20N2S. The van der Waals surface area contributed by atoms with Crippen LogP contribution in [0.2, 0.25) is 0 Å².